The Morgan fingerprint density at radius 1 is 1.21 bits per heavy atom. The number of nitrogens with one attached hydrogen (secondary N) is 1. The van der Waals surface area contributed by atoms with Crippen molar-refractivity contribution >= 4 is 23.1 Å². The van der Waals surface area contributed by atoms with Crippen LogP contribution in [-0.2, 0) is 16.6 Å². The number of likely N-dealkylation sites (tertiary alicyclic amines) is 1. The predicted octanol–water partition coefficient (Wildman–Crippen LogP) is 6.16. The zero-order valence-corrected chi connectivity index (χ0v) is 19.6. The summed E-state index contributed by atoms with van der Waals surface area (Å²) >= 11 is 1.61. The Bertz CT molecular complexity index is 1230. The molecule has 1 amide bonds. The summed E-state index contributed by atoms with van der Waals surface area (Å²) in [6.07, 6.45) is 2.77. The second-order valence-electron chi connectivity index (χ2n) is 8.90. The molecule has 2 aromatic carbocycles. The third-order valence-corrected chi connectivity index (χ3v) is 7.91. The van der Waals surface area contributed by atoms with Crippen LogP contribution in [0.25, 0.3) is 11.1 Å². The average molecular weight is 460 g/mol. The molecule has 2 atom stereocenters. The highest BCUT2D eigenvalue weighted by atomic mass is 32.1. The average Bonchev–Trinajstić information content (AvgIpc) is 3.32. The van der Waals surface area contributed by atoms with Crippen molar-refractivity contribution in [3.8, 4) is 17.2 Å². The minimum Gasteiger partial charge on any atom is -0.304 e. The molecule has 0 radical (unpaired) electrons. The fourth-order valence-corrected chi connectivity index (χ4v) is 5.78. The third kappa shape index (κ3) is 4.60. The Balaban J connectivity index is 1.60. The van der Waals surface area contributed by atoms with Crippen LogP contribution in [0.2, 0.25) is 0 Å². The Morgan fingerprint density at radius 2 is 1.97 bits per heavy atom. The van der Waals surface area contributed by atoms with Crippen LogP contribution >= 0.6 is 11.3 Å². The molecule has 3 aromatic rings. The van der Waals surface area contributed by atoms with Gasteiger partial charge in [-0.25, -0.2) is 4.39 Å². The lowest BCUT2D eigenvalue weighted by atomic mass is 9.67. The third-order valence-electron chi connectivity index (χ3n) is 6.70. The molecule has 0 bridgehead atoms. The lowest BCUT2D eigenvalue weighted by Crippen LogP contribution is -2.53. The number of hydrogen-bond acceptors (Lipinski definition) is 4. The summed E-state index contributed by atoms with van der Waals surface area (Å²) in [7, 11) is 1.68. The Morgan fingerprint density at radius 3 is 2.70 bits per heavy atom. The Hall–Kier alpha value is -3.30. The number of nitrogens with zero attached hydrogens (tertiary/aromatic N) is 2. The summed E-state index contributed by atoms with van der Waals surface area (Å²) in [5.41, 5.74) is 3.19. The van der Waals surface area contributed by atoms with E-state index in [2.05, 4.69) is 24.4 Å². The topological polar surface area (TPSA) is 68.0 Å². The van der Waals surface area contributed by atoms with Crippen LogP contribution in [0.4, 0.5) is 4.39 Å². The molecule has 0 saturated carbocycles. The number of amides is 1. The van der Waals surface area contributed by atoms with E-state index in [1.165, 1.54) is 17.0 Å². The molecule has 1 fully saturated rings. The molecule has 0 aliphatic carbocycles. The molecule has 1 aliphatic heterocycles. The van der Waals surface area contributed by atoms with Gasteiger partial charge in [-0.2, -0.15) is 5.26 Å². The van der Waals surface area contributed by atoms with Crippen molar-refractivity contribution in [3.63, 3.8) is 0 Å². The van der Waals surface area contributed by atoms with Crippen molar-refractivity contribution in [2.75, 3.05) is 7.05 Å². The summed E-state index contributed by atoms with van der Waals surface area (Å²) in [5.74, 6) is -0.176. The van der Waals surface area contributed by atoms with E-state index in [9.17, 15) is 14.4 Å². The van der Waals surface area contributed by atoms with E-state index in [4.69, 9.17) is 5.41 Å². The molecule has 4 rings (SSSR count). The van der Waals surface area contributed by atoms with Gasteiger partial charge < -0.3 is 4.90 Å². The van der Waals surface area contributed by atoms with Gasteiger partial charge in [-0.1, -0.05) is 31.2 Å². The molecule has 168 valence electrons. The number of hydrogen-bond donors (Lipinski definition) is 1. The fourth-order valence-electron chi connectivity index (χ4n) is 4.65. The first kappa shape index (κ1) is 22.9. The number of nitriles is 1. The number of piperidine rings is 1. The molecular weight excluding hydrogens is 433 g/mol. The first-order valence-electron chi connectivity index (χ1n) is 11.0. The standard InChI is InChI=1S/C27H26FN3OS/c1-27(24-14-21(17-33-24)20-7-3-6-19(13-20)16-29)15-25(30)31(2)26(32)23(27)8-4-5-18-9-11-22(28)12-10-18/h3,6-7,9-14,17,23,30H,4-5,8,15H2,1-2H3/t23?,27-/m0/s1. The van der Waals surface area contributed by atoms with Gasteiger partial charge in [0.05, 0.1) is 11.6 Å². The molecule has 4 nitrogen and oxygen atoms in total. The second-order valence-corrected chi connectivity index (χ2v) is 9.81. The van der Waals surface area contributed by atoms with Crippen molar-refractivity contribution in [2.24, 2.45) is 5.92 Å². The largest absolute Gasteiger partial charge is 0.304 e. The Kier molecular flexibility index (Phi) is 6.44. The summed E-state index contributed by atoms with van der Waals surface area (Å²) in [6, 6.07) is 18.3. The number of benzene rings is 2. The monoisotopic (exact) mass is 459 g/mol. The normalized spacial score (nSPS) is 20.7. The zero-order chi connectivity index (χ0) is 23.6. The molecule has 1 aromatic heterocycles. The van der Waals surface area contributed by atoms with Gasteiger partial charge in [-0.05, 0) is 71.7 Å². The molecular formula is C27H26FN3OS. The SMILES string of the molecule is CN1C(=N)C[C@](C)(c2cc(-c3cccc(C#N)c3)cs2)C(CCCc2ccc(F)cc2)C1=O. The van der Waals surface area contributed by atoms with Crippen LogP contribution in [0.1, 0.15) is 42.2 Å². The van der Waals surface area contributed by atoms with E-state index >= 15 is 0 Å². The number of carbonyl (C=O) groups is 1. The second kappa shape index (κ2) is 9.29. The van der Waals surface area contributed by atoms with Crippen molar-refractivity contribution < 1.29 is 9.18 Å². The zero-order valence-electron chi connectivity index (χ0n) is 18.8. The number of rotatable bonds is 6. The van der Waals surface area contributed by atoms with Crippen molar-refractivity contribution in [1.82, 2.24) is 4.90 Å². The van der Waals surface area contributed by atoms with Crippen molar-refractivity contribution in [2.45, 2.75) is 38.0 Å². The van der Waals surface area contributed by atoms with Gasteiger partial charge in [0.25, 0.3) is 0 Å². The molecule has 0 spiro atoms. The number of amidine groups is 1. The lowest BCUT2D eigenvalue weighted by molar-refractivity contribution is -0.134. The molecule has 2 heterocycles. The number of thiophene rings is 1. The highest BCUT2D eigenvalue weighted by Gasteiger charge is 2.47. The van der Waals surface area contributed by atoms with Crippen LogP contribution in [-0.4, -0.2) is 23.7 Å². The summed E-state index contributed by atoms with van der Waals surface area (Å²) < 4.78 is 13.2. The van der Waals surface area contributed by atoms with Gasteiger partial charge in [-0.3, -0.25) is 10.2 Å². The summed E-state index contributed by atoms with van der Waals surface area (Å²) in [6.45, 7) is 2.09. The number of halogens is 1. The van der Waals surface area contributed by atoms with E-state index in [0.29, 0.717) is 24.2 Å². The van der Waals surface area contributed by atoms with Crippen LogP contribution in [0, 0.1) is 28.5 Å². The molecule has 6 heteroatoms. The maximum atomic E-state index is 13.3. The van der Waals surface area contributed by atoms with Gasteiger partial charge >= 0.3 is 0 Å². The first-order chi connectivity index (χ1) is 15.8. The molecule has 1 aliphatic rings. The Labute approximate surface area is 197 Å². The first-order valence-corrected chi connectivity index (χ1v) is 11.9. The predicted molar refractivity (Wildman–Crippen MR) is 130 cm³/mol. The minimum atomic E-state index is -0.473. The van der Waals surface area contributed by atoms with E-state index in [1.54, 1.807) is 36.6 Å². The van der Waals surface area contributed by atoms with Gasteiger partial charge in [-0.15, -0.1) is 11.3 Å². The van der Waals surface area contributed by atoms with Crippen LogP contribution in [0.3, 0.4) is 0 Å². The van der Waals surface area contributed by atoms with Gasteiger partial charge in [0.15, 0.2) is 0 Å². The highest BCUT2D eigenvalue weighted by molar-refractivity contribution is 7.10. The van der Waals surface area contributed by atoms with Gasteiger partial charge in [0.1, 0.15) is 11.7 Å². The van der Waals surface area contributed by atoms with Crippen LogP contribution in [0.15, 0.2) is 60.0 Å². The van der Waals surface area contributed by atoms with Crippen LogP contribution in [0.5, 0.6) is 0 Å². The molecule has 1 saturated heterocycles. The quantitative estimate of drug-likeness (QED) is 0.479. The minimum absolute atomic E-state index is 0.0192. The van der Waals surface area contributed by atoms with E-state index in [-0.39, 0.29) is 17.6 Å². The maximum Gasteiger partial charge on any atom is 0.231 e. The molecule has 1 N–H and O–H groups in total. The molecule has 33 heavy (non-hydrogen) atoms. The van der Waals surface area contributed by atoms with Crippen molar-refractivity contribution in [1.29, 1.82) is 10.7 Å². The van der Waals surface area contributed by atoms with E-state index < -0.39 is 5.41 Å². The van der Waals surface area contributed by atoms with E-state index in [0.717, 1.165) is 34.4 Å². The van der Waals surface area contributed by atoms with Gasteiger partial charge in [0.2, 0.25) is 5.91 Å². The summed E-state index contributed by atoms with van der Waals surface area (Å²) in [5, 5.41) is 19.7. The number of carbonyl (C=O) groups excluding carboxylic acids is 1. The highest BCUT2D eigenvalue weighted by Crippen LogP contribution is 2.46. The molecule has 1 unspecified atom stereocenters. The van der Waals surface area contributed by atoms with Crippen LogP contribution < -0.4 is 0 Å². The summed E-state index contributed by atoms with van der Waals surface area (Å²) in [4.78, 5) is 15.8. The van der Waals surface area contributed by atoms with Crippen molar-refractivity contribution in [3.05, 3.63) is 81.8 Å². The maximum absolute atomic E-state index is 13.3. The fraction of sp³-hybridized carbons (Fsp3) is 0.296. The smallest absolute Gasteiger partial charge is 0.231 e. The van der Waals surface area contributed by atoms with Gasteiger partial charge in [0, 0.05) is 29.7 Å². The number of aryl methyl sites for hydroxylation is 1. The lowest BCUT2D eigenvalue weighted by Gasteiger charge is -2.44. The van der Waals surface area contributed by atoms with E-state index in [1.807, 2.05) is 18.2 Å².